The van der Waals surface area contributed by atoms with Crippen LogP contribution in [0.3, 0.4) is 0 Å². The smallest absolute Gasteiger partial charge is 0.302 e. The Morgan fingerprint density at radius 2 is 1.84 bits per heavy atom. The van der Waals surface area contributed by atoms with E-state index in [0.717, 1.165) is 16.6 Å². The standard InChI is InChI=1S/C25H27F3N4O3S2/c1-4-37(34,35)18-8-5-16(6-9-18)11-21(33)30-24-31-22-19(36-24)14-32(23(22)15(2)3)13-17-7-10-20(29-12-17)25(26,27)28/h5-10,12,15,23H,4,11,13-14H2,1-3H3,(H,30,31,33)/t23-/m1/s1. The summed E-state index contributed by atoms with van der Waals surface area (Å²) in [6, 6.07) is 8.67. The summed E-state index contributed by atoms with van der Waals surface area (Å²) in [5.74, 6) is -0.0584. The lowest BCUT2D eigenvalue weighted by molar-refractivity contribution is -0.141. The second-order valence-electron chi connectivity index (χ2n) is 9.24. The first-order chi connectivity index (χ1) is 17.4. The van der Waals surface area contributed by atoms with Crippen LogP contribution in [-0.2, 0) is 40.3 Å². The Balaban J connectivity index is 1.41. The molecule has 0 bridgehead atoms. The third kappa shape index (κ3) is 6.19. The molecule has 0 aliphatic carbocycles. The van der Waals surface area contributed by atoms with Crippen molar-refractivity contribution >= 4 is 32.2 Å². The fourth-order valence-corrected chi connectivity index (χ4v) is 6.29. The molecule has 1 N–H and O–H groups in total. The van der Waals surface area contributed by atoms with Gasteiger partial charge in [0.15, 0.2) is 15.0 Å². The van der Waals surface area contributed by atoms with E-state index in [2.05, 4.69) is 34.0 Å². The minimum absolute atomic E-state index is 0.0115. The number of hydrogen-bond acceptors (Lipinski definition) is 7. The first kappa shape index (κ1) is 27.2. The van der Waals surface area contributed by atoms with Gasteiger partial charge in [0, 0.05) is 24.2 Å². The Morgan fingerprint density at radius 1 is 1.16 bits per heavy atom. The number of alkyl halides is 3. The van der Waals surface area contributed by atoms with Crippen LogP contribution in [0.4, 0.5) is 18.3 Å². The maximum absolute atomic E-state index is 12.8. The number of anilines is 1. The minimum atomic E-state index is -4.47. The summed E-state index contributed by atoms with van der Waals surface area (Å²) in [6.45, 7) is 6.69. The Bertz CT molecular complexity index is 1370. The van der Waals surface area contributed by atoms with E-state index in [4.69, 9.17) is 0 Å². The van der Waals surface area contributed by atoms with Gasteiger partial charge in [0.1, 0.15) is 5.69 Å². The van der Waals surface area contributed by atoms with Crippen LogP contribution in [0.2, 0.25) is 0 Å². The summed E-state index contributed by atoms with van der Waals surface area (Å²) in [5, 5.41) is 3.32. The highest BCUT2D eigenvalue weighted by molar-refractivity contribution is 7.91. The number of halogens is 3. The van der Waals surface area contributed by atoms with Gasteiger partial charge < -0.3 is 5.32 Å². The van der Waals surface area contributed by atoms with Gasteiger partial charge >= 0.3 is 6.18 Å². The lowest BCUT2D eigenvalue weighted by atomic mass is 10.0. The van der Waals surface area contributed by atoms with E-state index in [0.29, 0.717) is 29.3 Å². The number of benzene rings is 1. The molecule has 1 aromatic carbocycles. The number of carbonyl (C=O) groups is 1. The van der Waals surface area contributed by atoms with Crippen LogP contribution in [0, 0.1) is 5.92 Å². The molecule has 4 rings (SSSR count). The maximum atomic E-state index is 12.8. The third-order valence-electron chi connectivity index (χ3n) is 6.15. The third-order valence-corrected chi connectivity index (χ3v) is 8.88. The van der Waals surface area contributed by atoms with E-state index in [-0.39, 0.29) is 34.9 Å². The number of aromatic nitrogens is 2. The number of hydrogen-bond donors (Lipinski definition) is 1. The summed E-state index contributed by atoms with van der Waals surface area (Å²) < 4.78 is 62.4. The number of rotatable bonds is 8. The maximum Gasteiger partial charge on any atom is 0.433 e. The molecule has 1 aliphatic rings. The molecule has 2 aromatic heterocycles. The molecule has 0 spiro atoms. The van der Waals surface area contributed by atoms with Crippen molar-refractivity contribution in [2.75, 3.05) is 11.1 Å². The lowest BCUT2D eigenvalue weighted by Crippen LogP contribution is -2.26. The van der Waals surface area contributed by atoms with Crippen molar-refractivity contribution in [3.05, 3.63) is 70.0 Å². The molecule has 1 atom stereocenters. The van der Waals surface area contributed by atoms with Crippen molar-refractivity contribution in [1.29, 1.82) is 0 Å². The highest BCUT2D eigenvalue weighted by atomic mass is 32.2. The highest BCUT2D eigenvalue weighted by Gasteiger charge is 2.37. The molecule has 0 radical (unpaired) electrons. The summed E-state index contributed by atoms with van der Waals surface area (Å²) >= 11 is 1.38. The molecule has 0 fully saturated rings. The zero-order chi connectivity index (χ0) is 27.0. The minimum Gasteiger partial charge on any atom is -0.302 e. The fourth-order valence-electron chi connectivity index (χ4n) is 4.36. The number of nitrogens with one attached hydrogen (secondary N) is 1. The van der Waals surface area contributed by atoms with Gasteiger partial charge in [0.05, 0.1) is 28.8 Å². The first-order valence-corrected chi connectivity index (χ1v) is 14.2. The molecule has 3 aromatic rings. The first-order valence-electron chi connectivity index (χ1n) is 11.7. The average molecular weight is 553 g/mol. The normalized spacial score (nSPS) is 16.2. The van der Waals surface area contributed by atoms with Crippen molar-refractivity contribution in [3.8, 4) is 0 Å². The topological polar surface area (TPSA) is 92.3 Å². The molecular formula is C25H27F3N4O3S2. The van der Waals surface area contributed by atoms with Gasteiger partial charge in [-0.1, -0.05) is 39.0 Å². The Morgan fingerprint density at radius 3 is 2.41 bits per heavy atom. The van der Waals surface area contributed by atoms with E-state index < -0.39 is 21.7 Å². The number of amides is 1. The van der Waals surface area contributed by atoms with Gasteiger partial charge in [-0.25, -0.2) is 13.4 Å². The fraction of sp³-hybridized carbons (Fsp3) is 0.400. The second-order valence-corrected chi connectivity index (χ2v) is 12.6. The average Bonchev–Trinajstić information content (AvgIpc) is 3.35. The largest absolute Gasteiger partial charge is 0.433 e. The quantitative estimate of drug-likeness (QED) is 0.411. The van der Waals surface area contributed by atoms with Gasteiger partial charge in [0.2, 0.25) is 5.91 Å². The Labute approximate surface area is 217 Å². The summed E-state index contributed by atoms with van der Waals surface area (Å²) in [4.78, 5) is 24.2. The van der Waals surface area contributed by atoms with Gasteiger partial charge in [-0.3, -0.25) is 14.7 Å². The van der Waals surface area contributed by atoms with Crippen LogP contribution in [0.1, 0.15) is 54.2 Å². The number of nitrogens with zero attached hydrogens (tertiary/aromatic N) is 3. The van der Waals surface area contributed by atoms with E-state index in [9.17, 15) is 26.4 Å². The molecule has 12 heteroatoms. The molecule has 37 heavy (non-hydrogen) atoms. The number of fused-ring (bicyclic) bond motifs is 1. The number of thiazole rings is 1. The predicted molar refractivity (Wildman–Crippen MR) is 135 cm³/mol. The van der Waals surface area contributed by atoms with E-state index >= 15 is 0 Å². The zero-order valence-corrected chi connectivity index (χ0v) is 22.2. The zero-order valence-electron chi connectivity index (χ0n) is 20.5. The monoisotopic (exact) mass is 552 g/mol. The van der Waals surface area contributed by atoms with Crippen molar-refractivity contribution in [2.45, 2.75) is 57.4 Å². The molecule has 3 heterocycles. The van der Waals surface area contributed by atoms with Gasteiger partial charge in [0.25, 0.3) is 0 Å². The number of sulfone groups is 1. The molecule has 0 saturated heterocycles. The van der Waals surface area contributed by atoms with Crippen LogP contribution in [0.5, 0.6) is 0 Å². The van der Waals surface area contributed by atoms with E-state index in [1.807, 2.05) is 0 Å². The second kappa shape index (κ2) is 10.5. The predicted octanol–water partition coefficient (Wildman–Crippen LogP) is 5.24. The Kier molecular flexibility index (Phi) is 7.72. The van der Waals surface area contributed by atoms with Gasteiger partial charge in [-0.2, -0.15) is 13.2 Å². The van der Waals surface area contributed by atoms with Crippen molar-refractivity contribution in [3.63, 3.8) is 0 Å². The molecular weight excluding hydrogens is 525 g/mol. The van der Waals surface area contributed by atoms with Crippen molar-refractivity contribution < 1.29 is 26.4 Å². The van der Waals surface area contributed by atoms with Crippen LogP contribution < -0.4 is 5.32 Å². The SMILES string of the molecule is CCS(=O)(=O)c1ccc(CC(=O)Nc2nc3c(s2)CN(Cc2ccc(C(F)(F)F)nc2)[C@@H]3C(C)C)cc1. The summed E-state index contributed by atoms with van der Waals surface area (Å²) in [6.07, 6.45) is -3.13. The summed E-state index contributed by atoms with van der Waals surface area (Å²) in [7, 11) is -3.30. The van der Waals surface area contributed by atoms with Gasteiger partial charge in [-0.05, 0) is 35.2 Å². The Hall–Kier alpha value is -2.83. The molecule has 1 amide bonds. The number of pyridine rings is 1. The van der Waals surface area contributed by atoms with Crippen LogP contribution in [0.15, 0.2) is 47.5 Å². The molecule has 7 nitrogen and oxygen atoms in total. The molecule has 0 unspecified atom stereocenters. The van der Waals surface area contributed by atoms with E-state index in [1.165, 1.54) is 35.7 Å². The van der Waals surface area contributed by atoms with Crippen LogP contribution in [-0.4, -0.2) is 34.9 Å². The van der Waals surface area contributed by atoms with E-state index in [1.54, 1.807) is 19.1 Å². The van der Waals surface area contributed by atoms with Crippen LogP contribution >= 0.6 is 11.3 Å². The highest BCUT2D eigenvalue weighted by Crippen LogP contribution is 2.43. The lowest BCUT2D eigenvalue weighted by Gasteiger charge is -2.27. The summed E-state index contributed by atoms with van der Waals surface area (Å²) in [5.41, 5.74) is 1.32. The van der Waals surface area contributed by atoms with Crippen molar-refractivity contribution in [2.24, 2.45) is 5.92 Å². The van der Waals surface area contributed by atoms with Gasteiger partial charge in [-0.15, -0.1) is 11.3 Å². The molecule has 198 valence electrons. The number of carbonyl (C=O) groups excluding carboxylic acids is 1. The molecule has 0 saturated carbocycles. The van der Waals surface area contributed by atoms with Crippen LogP contribution in [0.25, 0.3) is 0 Å². The molecule has 1 aliphatic heterocycles. The van der Waals surface area contributed by atoms with Crippen molar-refractivity contribution in [1.82, 2.24) is 14.9 Å².